The van der Waals surface area contributed by atoms with Crippen molar-refractivity contribution in [1.29, 1.82) is 0 Å². The van der Waals surface area contributed by atoms with Crippen molar-refractivity contribution in [2.75, 3.05) is 12.4 Å². The largest absolute Gasteiger partial charge is 0.508 e. The predicted molar refractivity (Wildman–Crippen MR) is 155 cm³/mol. The number of phenols is 1. The minimum atomic E-state index is -3.16. The van der Waals surface area contributed by atoms with Gasteiger partial charge in [0.25, 0.3) is 0 Å². The Kier molecular flexibility index (Phi) is 8.52. The number of hydrogen-bond acceptors (Lipinski definition) is 5. The van der Waals surface area contributed by atoms with Crippen molar-refractivity contribution in [3.05, 3.63) is 119 Å². The molecule has 1 aliphatic rings. The van der Waals surface area contributed by atoms with E-state index in [0.29, 0.717) is 18.8 Å². The van der Waals surface area contributed by atoms with E-state index < -0.39 is 9.84 Å². The van der Waals surface area contributed by atoms with Gasteiger partial charge >= 0.3 is 0 Å². The summed E-state index contributed by atoms with van der Waals surface area (Å²) in [5.41, 5.74) is 6.01. The molecule has 0 spiro atoms. The summed E-state index contributed by atoms with van der Waals surface area (Å²) < 4.78 is 35.5. The molecule has 0 unspecified atom stereocenters. The van der Waals surface area contributed by atoms with Crippen LogP contribution >= 0.6 is 0 Å². The van der Waals surface area contributed by atoms with Gasteiger partial charge < -0.3 is 14.3 Å². The molecule has 5 rings (SSSR count). The first-order valence-electron chi connectivity index (χ1n) is 13.5. The normalized spacial score (nSPS) is 15.3. The van der Waals surface area contributed by atoms with Gasteiger partial charge in [-0.1, -0.05) is 54.6 Å². The molecular formula is C33H34O5S. The van der Waals surface area contributed by atoms with Crippen molar-refractivity contribution in [3.63, 3.8) is 0 Å². The lowest BCUT2D eigenvalue weighted by molar-refractivity contribution is 0.306. The van der Waals surface area contributed by atoms with Gasteiger partial charge in [0.05, 0.1) is 18.6 Å². The fourth-order valence-electron chi connectivity index (χ4n) is 5.21. The van der Waals surface area contributed by atoms with Gasteiger partial charge in [0.1, 0.15) is 23.0 Å². The Balaban J connectivity index is 1.15. The molecule has 0 saturated heterocycles. The lowest BCUT2D eigenvalue weighted by Gasteiger charge is -2.19. The second-order valence-corrected chi connectivity index (χ2v) is 12.3. The van der Waals surface area contributed by atoms with Gasteiger partial charge in [-0.3, -0.25) is 0 Å². The van der Waals surface area contributed by atoms with Crippen LogP contribution in [0, 0.1) is 0 Å². The molecule has 0 radical (unpaired) electrons. The summed E-state index contributed by atoms with van der Waals surface area (Å²) in [4.78, 5) is 0. The molecule has 1 heterocycles. The third kappa shape index (κ3) is 7.21. The van der Waals surface area contributed by atoms with Gasteiger partial charge in [0.15, 0.2) is 9.84 Å². The van der Waals surface area contributed by atoms with E-state index in [-0.39, 0.29) is 23.2 Å². The first kappa shape index (κ1) is 26.8. The molecule has 1 aliphatic carbocycles. The van der Waals surface area contributed by atoms with Crippen LogP contribution in [-0.4, -0.2) is 25.9 Å². The number of ether oxygens (including phenoxy) is 1. The smallest absolute Gasteiger partial charge is 0.157 e. The number of sulfone groups is 1. The van der Waals surface area contributed by atoms with Crippen LogP contribution in [0.4, 0.5) is 0 Å². The number of rotatable bonds is 11. The number of phenolic OH excluding ortho intramolecular Hbond substituents is 1. The standard InChI is InChI=1S/C33H34O5S/c34-29-15-11-28-22-27(25-8-3-1-4-9-25)14-18-32(33(28)23-29)26-12-16-30(17-13-26)37-19-5-2-6-21-39(35,36)24-31-10-7-20-38-31/h1,3-4,7-13,15-17,20,22-23,32,34H,2,5-6,14,18-19,21,24H2/t32-/m0/s1. The fourth-order valence-corrected chi connectivity index (χ4v) is 6.59. The SMILES string of the molecule is O=S(=O)(CCCCCOc1ccc([C@@H]2CCC(c3ccccc3)=Cc3ccc(O)cc32)cc1)Cc1ccco1. The lowest BCUT2D eigenvalue weighted by Crippen LogP contribution is -2.09. The molecule has 3 aromatic carbocycles. The Morgan fingerprint density at radius 1 is 0.897 bits per heavy atom. The highest BCUT2D eigenvalue weighted by atomic mass is 32.2. The van der Waals surface area contributed by atoms with Crippen molar-refractivity contribution in [3.8, 4) is 11.5 Å². The maximum Gasteiger partial charge on any atom is 0.157 e. The summed E-state index contributed by atoms with van der Waals surface area (Å²) in [5.74, 6) is 1.85. The maximum atomic E-state index is 12.2. The third-order valence-electron chi connectivity index (χ3n) is 7.22. The fraction of sp³-hybridized carbons (Fsp3) is 0.273. The van der Waals surface area contributed by atoms with Crippen LogP contribution in [0.15, 0.2) is 95.6 Å². The van der Waals surface area contributed by atoms with Gasteiger partial charge in [-0.15, -0.1) is 0 Å². The molecule has 0 bridgehead atoms. The van der Waals surface area contributed by atoms with E-state index >= 15 is 0 Å². The molecule has 5 nitrogen and oxygen atoms in total. The number of fused-ring (bicyclic) bond motifs is 1. The summed E-state index contributed by atoms with van der Waals surface area (Å²) in [5, 5.41) is 10.3. The van der Waals surface area contributed by atoms with Crippen LogP contribution in [0.3, 0.4) is 0 Å². The highest BCUT2D eigenvalue weighted by molar-refractivity contribution is 7.90. The number of hydrogen-bond donors (Lipinski definition) is 1. The molecule has 0 aliphatic heterocycles. The van der Waals surface area contributed by atoms with E-state index in [2.05, 4.69) is 42.5 Å². The zero-order valence-corrected chi connectivity index (χ0v) is 22.8. The molecular weight excluding hydrogens is 508 g/mol. The van der Waals surface area contributed by atoms with Gasteiger partial charge in [0, 0.05) is 5.92 Å². The molecule has 6 heteroatoms. The van der Waals surface area contributed by atoms with Crippen LogP contribution in [0.1, 0.15) is 66.0 Å². The zero-order chi connectivity index (χ0) is 27.1. The van der Waals surface area contributed by atoms with E-state index in [9.17, 15) is 13.5 Å². The second kappa shape index (κ2) is 12.4. The van der Waals surface area contributed by atoms with Crippen LogP contribution in [0.2, 0.25) is 0 Å². The van der Waals surface area contributed by atoms with E-state index in [1.54, 1.807) is 18.2 Å². The average molecular weight is 543 g/mol. The number of unbranched alkanes of at least 4 members (excludes halogenated alkanes) is 2. The summed E-state index contributed by atoms with van der Waals surface area (Å²) in [6.45, 7) is 0.544. The monoisotopic (exact) mass is 542 g/mol. The maximum absolute atomic E-state index is 12.2. The van der Waals surface area contributed by atoms with Crippen molar-refractivity contribution in [2.24, 2.45) is 0 Å². The number of benzene rings is 3. The topological polar surface area (TPSA) is 76.7 Å². The molecule has 1 N–H and O–H groups in total. The van der Waals surface area contributed by atoms with Crippen LogP contribution in [-0.2, 0) is 15.6 Å². The van der Waals surface area contributed by atoms with E-state index in [1.807, 2.05) is 30.3 Å². The molecule has 39 heavy (non-hydrogen) atoms. The summed E-state index contributed by atoms with van der Waals surface area (Å²) in [6, 6.07) is 27.8. The summed E-state index contributed by atoms with van der Waals surface area (Å²) >= 11 is 0. The lowest BCUT2D eigenvalue weighted by atomic mass is 9.86. The minimum absolute atomic E-state index is 0.0441. The molecule has 1 aromatic heterocycles. The number of aromatic hydroxyl groups is 1. The summed E-state index contributed by atoms with van der Waals surface area (Å²) in [6.07, 6.45) is 7.83. The molecule has 0 fully saturated rings. The number of furan rings is 1. The van der Waals surface area contributed by atoms with E-state index in [1.165, 1.54) is 23.0 Å². The molecule has 202 valence electrons. The molecule has 4 aromatic rings. The summed E-state index contributed by atoms with van der Waals surface area (Å²) in [7, 11) is -3.16. The van der Waals surface area contributed by atoms with Crippen molar-refractivity contribution in [1.82, 2.24) is 0 Å². The molecule has 0 amide bonds. The van der Waals surface area contributed by atoms with Crippen LogP contribution < -0.4 is 4.74 Å². The Morgan fingerprint density at radius 3 is 2.49 bits per heavy atom. The van der Waals surface area contributed by atoms with E-state index in [0.717, 1.165) is 42.6 Å². The Labute approximate surface area is 230 Å². The van der Waals surface area contributed by atoms with Crippen molar-refractivity contribution in [2.45, 2.75) is 43.8 Å². The van der Waals surface area contributed by atoms with E-state index in [4.69, 9.17) is 9.15 Å². The highest BCUT2D eigenvalue weighted by Crippen LogP contribution is 2.41. The van der Waals surface area contributed by atoms with Crippen molar-refractivity contribution >= 4 is 21.5 Å². The van der Waals surface area contributed by atoms with Gasteiger partial charge in [0.2, 0.25) is 0 Å². The Bertz CT molecular complexity index is 1490. The van der Waals surface area contributed by atoms with Crippen LogP contribution in [0.5, 0.6) is 11.5 Å². The predicted octanol–water partition coefficient (Wildman–Crippen LogP) is 7.62. The Hall–Kier alpha value is -3.77. The van der Waals surface area contributed by atoms with Crippen LogP contribution in [0.25, 0.3) is 11.6 Å². The second-order valence-electron chi connectivity index (χ2n) is 10.1. The van der Waals surface area contributed by atoms with Gasteiger partial charge in [-0.25, -0.2) is 8.42 Å². The first-order valence-corrected chi connectivity index (χ1v) is 15.3. The molecule has 1 atom stereocenters. The highest BCUT2D eigenvalue weighted by Gasteiger charge is 2.22. The minimum Gasteiger partial charge on any atom is -0.508 e. The Morgan fingerprint density at radius 2 is 1.72 bits per heavy atom. The first-order chi connectivity index (χ1) is 19.0. The van der Waals surface area contributed by atoms with Crippen molar-refractivity contribution < 1.29 is 22.7 Å². The van der Waals surface area contributed by atoms with Gasteiger partial charge in [-0.05, 0) is 96.3 Å². The number of allylic oxidation sites excluding steroid dienone is 1. The average Bonchev–Trinajstić information content (AvgIpc) is 3.37. The quantitative estimate of drug-likeness (QED) is 0.197. The zero-order valence-electron chi connectivity index (χ0n) is 22.0. The van der Waals surface area contributed by atoms with Gasteiger partial charge in [-0.2, -0.15) is 0 Å². The molecule has 0 saturated carbocycles. The third-order valence-corrected chi connectivity index (χ3v) is 8.85.